The highest BCUT2D eigenvalue weighted by Gasteiger charge is 2.28. The van der Waals surface area contributed by atoms with Gasteiger partial charge in [-0.25, -0.2) is 12.8 Å². The number of hydrogen-bond acceptors (Lipinski definition) is 3. The van der Waals surface area contributed by atoms with Crippen LogP contribution in [0.2, 0.25) is 0 Å². The van der Waals surface area contributed by atoms with Crippen LogP contribution in [0.25, 0.3) is 0 Å². The van der Waals surface area contributed by atoms with Gasteiger partial charge in [0.15, 0.2) is 5.25 Å². The van der Waals surface area contributed by atoms with Crippen LogP contribution in [-0.2, 0) is 14.8 Å². The molecule has 0 saturated carbocycles. The van der Waals surface area contributed by atoms with Crippen molar-refractivity contribution in [2.75, 3.05) is 4.72 Å². The molecule has 0 spiro atoms. The summed E-state index contributed by atoms with van der Waals surface area (Å²) in [5, 5.41) is 7.08. The Balaban J connectivity index is 3.13. The molecular weight excluding hydrogens is 329 g/mol. The van der Waals surface area contributed by atoms with Crippen LogP contribution in [0, 0.1) is 12.7 Å². The summed E-state index contributed by atoms with van der Waals surface area (Å²) in [7, 11) is -4.06. The Kier molecular flexibility index (Phi) is 4.33. The molecule has 0 fully saturated rings. The summed E-state index contributed by atoms with van der Waals surface area (Å²) in [6, 6.07) is 2.39. The van der Waals surface area contributed by atoms with E-state index in [1.165, 1.54) is 13.0 Å². The van der Waals surface area contributed by atoms with Crippen molar-refractivity contribution in [3.05, 3.63) is 28.0 Å². The van der Waals surface area contributed by atoms with E-state index in [9.17, 15) is 17.6 Å². The van der Waals surface area contributed by atoms with E-state index in [4.69, 9.17) is 5.11 Å². The third-order valence-corrected chi connectivity index (χ3v) is 4.58. The average molecular weight is 340 g/mol. The second-order valence-electron chi connectivity index (χ2n) is 3.71. The largest absolute Gasteiger partial charge is 0.480 e. The Bertz CT molecular complexity index is 588. The molecule has 0 heterocycles. The summed E-state index contributed by atoms with van der Waals surface area (Å²) in [4.78, 5) is 10.7. The quantitative estimate of drug-likeness (QED) is 0.879. The zero-order chi connectivity index (χ0) is 14.1. The van der Waals surface area contributed by atoms with Crippen LogP contribution in [0.1, 0.15) is 12.5 Å². The SMILES string of the molecule is Cc1cc(F)c(Br)cc1NS(=O)(=O)C(C)C(=O)O. The summed E-state index contributed by atoms with van der Waals surface area (Å²) < 4.78 is 38.8. The molecule has 18 heavy (non-hydrogen) atoms. The van der Waals surface area contributed by atoms with Gasteiger partial charge in [-0.05, 0) is 47.5 Å². The topological polar surface area (TPSA) is 83.5 Å². The number of hydrogen-bond donors (Lipinski definition) is 2. The van der Waals surface area contributed by atoms with Gasteiger partial charge in [0.2, 0.25) is 10.0 Å². The maximum absolute atomic E-state index is 13.2. The lowest BCUT2D eigenvalue weighted by molar-refractivity contribution is -0.136. The van der Waals surface area contributed by atoms with Crippen molar-refractivity contribution in [1.82, 2.24) is 0 Å². The zero-order valence-electron chi connectivity index (χ0n) is 9.57. The molecule has 0 aliphatic heterocycles. The highest BCUT2D eigenvalue weighted by atomic mass is 79.9. The fourth-order valence-corrected chi connectivity index (χ4v) is 2.44. The maximum atomic E-state index is 13.2. The van der Waals surface area contributed by atoms with Gasteiger partial charge in [-0.1, -0.05) is 0 Å². The minimum atomic E-state index is -4.06. The van der Waals surface area contributed by atoms with E-state index in [1.54, 1.807) is 0 Å². The lowest BCUT2D eigenvalue weighted by atomic mass is 10.2. The number of aliphatic carboxylic acids is 1. The van der Waals surface area contributed by atoms with E-state index in [-0.39, 0.29) is 10.2 Å². The molecule has 1 atom stereocenters. The number of carbonyl (C=O) groups is 1. The monoisotopic (exact) mass is 339 g/mol. The van der Waals surface area contributed by atoms with Crippen molar-refractivity contribution >= 4 is 37.6 Å². The molecule has 8 heteroatoms. The van der Waals surface area contributed by atoms with E-state index in [1.807, 2.05) is 0 Å². The molecule has 0 aliphatic rings. The van der Waals surface area contributed by atoms with Crippen LogP contribution in [-0.4, -0.2) is 24.7 Å². The van der Waals surface area contributed by atoms with Gasteiger partial charge in [0.05, 0.1) is 10.2 Å². The van der Waals surface area contributed by atoms with E-state index >= 15 is 0 Å². The van der Waals surface area contributed by atoms with Crippen LogP contribution in [0.4, 0.5) is 10.1 Å². The first-order valence-electron chi connectivity index (χ1n) is 4.85. The number of anilines is 1. The number of carboxylic acid groups (broad SMARTS) is 1. The Labute approximate surface area is 112 Å². The van der Waals surface area contributed by atoms with Gasteiger partial charge in [0.1, 0.15) is 5.82 Å². The smallest absolute Gasteiger partial charge is 0.323 e. The predicted molar refractivity (Wildman–Crippen MR) is 68.5 cm³/mol. The fraction of sp³-hybridized carbons (Fsp3) is 0.300. The van der Waals surface area contributed by atoms with Crippen molar-refractivity contribution in [3.8, 4) is 0 Å². The Morgan fingerprint density at radius 3 is 2.56 bits per heavy atom. The predicted octanol–water partition coefficient (Wildman–Crippen LogP) is 2.11. The molecule has 1 aromatic carbocycles. The standard InChI is InChI=1S/C10H11BrFNO4S/c1-5-3-8(12)7(11)4-9(5)13-18(16,17)6(2)10(14)15/h3-4,6,13H,1-2H3,(H,14,15). The molecule has 100 valence electrons. The lowest BCUT2D eigenvalue weighted by Gasteiger charge is -2.13. The van der Waals surface area contributed by atoms with E-state index in [0.29, 0.717) is 5.56 Å². The van der Waals surface area contributed by atoms with Crippen molar-refractivity contribution in [3.63, 3.8) is 0 Å². The molecule has 1 aromatic rings. The van der Waals surface area contributed by atoms with Gasteiger partial charge >= 0.3 is 5.97 Å². The van der Waals surface area contributed by atoms with Crippen LogP contribution in [0.5, 0.6) is 0 Å². The third-order valence-electron chi connectivity index (χ3n) is 2.33. The van der Waals surface area contributed by atoms with Gasteiger partial charge in [0, 0.05) is 0 Å². The number of nitrogens with one attached hydrogen (secondary N) is 1. The number of halogens is 2. The summed E-state index contributed by atoms with van der Waals surface area (Å²) in [6.07, 6.45) is 0. The second kappa shape index (κ2) is 5.23. The van der Waals surface area contributed by atoms with E-state index in [0.717, 1.165) is 13.0 Å². The molecular formula is C10H11BrFNO4S. The summed E-state index contributed by atoms with van der Waals surface area (Å²) >= 11 is 2.93. The molecule has 0 aromatic heterocycles. The molecule has 0 saturated heterocycles. The minimum Gasteiger partial charge on any atom is -0.480 e. The van der Waals surface area contributed by atoms with Crippen molar-refractivity contribution in [2.24, 2.45) is 0 Å². The van der Waals surface area contributed by atoms with Crippen molar-refractivity contribution < 1.29 is 22.7 Å². The highest BCUT2D eigenvalue weighted by Crippen LogP contribution is 2.25. The number of sulfonamides is 1. The Hall–Kier alpha value is -1.15. The van der Waals surface area contributed by atoms with Gasteiger partial charge < -0.3 is 5.11 Å². The molecule has 0 amide bonds. The molecule has 1 rings (SSSR count). The van der Waals surface area contributed by atoms with Crippen LogP contribution in [0.15, 0.2) is 16.6 Å². The molecule has 5 nitrogen and oxygen atoms in total. The number of benzene rings is 1. The van der Waals surface area contributed by atoms with Gasteiger partial charge in [-0.2, -0.15) is 0 Å². The minimum absolute atomic E-state index is 0.0915. The number of carboxylic acids is 1. The number of rotatable bonds is 4. The maximum Gasteiger partial charge on any atom is 0.323 e. The fourth-order valence-electron chi connectivity index (χ4n) is 1.13. The van der Waals surface area contributed by atoms with Crippen LogP contribution in [0.3, 0.4) is 0 Å². The van der Waals surface area contributed by atoms with Crippen molar-refractivity contribution in [2.45, 2.75) is 19.1 Å². The Morgan fingerprint density at radius 1 is 1.50 bits per heavy atom. The first-order valence-corrected chi connectivity index (χ1v) is 7.19. The zero-order valence-corrected chi connectivity index (χ0v) is 12.0. The lowest BCUT2D eigenvalue weighted by Crippen LogP contribution is -2.32. The normalized spacial score (nSPS) is 13.1. The molecule has 2 N–H and O–H groups in total. The summed E-state index contributed by atoms with van der Waals surface area (Å²) in [6.45, 7) is 2.57. The Morgan fingerprint density at radius 2 is 2.06 bits per heavy atom. The van der Waals surface area contributed by atoms with Crippen molar-refractivity contribution in [1.29, 1.82) is 0 Å². The van der Waals surface area contributed by atoms with Gasteiger partial charge in [-0.3, -0.25) is 9.52 Å². The average Bonchev–Trinajstić information content (AvgIpc) is 2.24. The van der Waals surface area contributed by atoms with E-state index < -0.39 is 27.1 Å². The molecule has 0 radical (unpaired) electrons. The molecule has 0 bridgehead atoms. The summed E-state index contributed by atoms with van der Waals surface area (Å²) in [5.74, 6) is -1.98. The van der Waals surface area contributed by atoms with E-state index in [2.05, 4.69) is 20.7 Å². The summed E-state index contributed by atoms with van der Waals surface area (Å²) in [5.41, 5.74) is 0.494. The first-order chi connectivity index (χ1) is 8.15. The molecule has 0 aliphatic carbocycles. The third kappa shape index (κ3) is 3.20. The second-order valence-corrected chi connectivity index (χ2v) is 6.56. The number of aryl methyl sites for hydroxylation is 1. The van der Waals surface area contributed by atoms with Crippen LogP contribution >= 0.6 is 15.9 Å². The van der Waals surface area contributed by atoms with Gasteiger partial charge in [-0.15, -0.1) is 0 Å². The van der Waals surface area contributed by atoms with Gasteiger partial charge in [0.25, 0.3) is 0 Å². The molecule has 1 unspecified atom stereocenters. The first kappa shape index (κ1) is 14.9. The highest BCUT2D eigenvalue weighted by molar-refractivity contribution is 9.10. The van der Waals surface area contributed by atoms with Crippen LogP contribution < -0.4 is 4.72 Å².